The molecule has 0 bridgehead atoms. The number of piperidine rings is 2. The fourth-order valence-electron chi connectivity index (χ4n) is 2.86. The molecule has 2 aliphatic rings. The second-order valence-electron chi connectivity index (χ2n) is 5.77. The van der Waals surface area contributed by atoms with E-state index in [2.05, 4.69) is 22.9 Å². The maximum absolute atomic E-state index is 12.3. The van der Waals surface area contributed by atoms with Crippen molar-refractivity contribution >= 4 is 5.91 Å². The molecule has 2 rings (SSSR count). The van der Waals surface area contributed by atoms with Crippen LogP contribution in [0.25, 0.3) is 0 Å². The Kier molecular flexibility index (Phi) is 4.05. The molecule has 0 spiro atoms. The molecule has 2 saturated heterocycles. The van der Waals surface area contributed by atoms with Crippen LogP contribution in [0.15, 0.2) is 0 Å². The van der Waals surface area contributed by atoms with Crippen LogP contribution in [0, 0.1) is 0 Å². The summed E-state index contributed by atoms with van der Waals surface area (Å²) in [6.45, 7) is 6.19. The van der Waals surface area contributed by atoms with Gasteiger partial charge in [-0.3, -0.25) is 4.79 Å². The molecule has 0 aromatic heterocycles. The summed E-state index contributed by atoms with van der Waals surface area (Å²) >= 11 is 0. The van der Waals surface area contributed by atoms with Crippen molar-refractivity contribution in [1.29, 1.82) is 0 Å². The molecule has 4 heteroatoms. The van der Waals surface area contributed by atoms with Gasteiger partial charge in [0.2, 0.25) is 5.91 Å². The summed E-state index contributed by atoms with van der Waals surface area (Å²) in [5.74, 6) is 0.191. The average molecular weight is 239 g/mol. The van der Waals surface area contributed by atoms with Crippen LogP contribution in [-0.2, 0) is 4.79 Å². The van der Waals surface area contributed by atoms with Crippen molar-refractivity contribution in [2.24, 2.45) is 0 Å². The highest BCUT2D eigenvalue weighted by Crippen LogP contribution is 2.19. The van der Waals surface area contributed by atoms with Gasteiger partial charge in [-0.15, -0.1) is 0 Å². The second-order valence-corrected chi connectivity index (χ2v) is 5.77. The predicted octanol–water partition coefficient (Wildman–Crippen LogP) is 0.775. The van der Waals surface area contributed by atoms with Crippen LogP contribution in [0.2, 0.25) is 0 Å². The predicted molar refractivity (Wildman–Crippen MR) is 68.9 cm³/mol. The van der Waals surface area contributed by atoms with Crippen molar-refractivity contribution in [3.05, 3.63) is 0 Å². The van der Waals surface area contributed by atoms with Crippen LogP contribution in [0.4, 0.5) is 0 Å². The molecule has 3 atom stereocenters. The maximum Gasteiger partial charge on any atom is 0.240 e. The lowest BCUT2D eigenvalue weighted by Gasteiger charge is -2.36. The molecular formula is C13H25N3O. The van der Waals surface area contributed by atoms with Gasteiger partial charge in [0, 0.05) is 12.1 Å². The van der Waals surface area contributed by atoms with Crippen molar-refractivity contribution in [3.8, 4) is 0 Å². The number of hydrogen-bond donors (Lipinski definition) is 3. The zero-order valence-corrected chi connectivity index (χ0v) is 11.0. The van der Waals surface area contributed by atoms with E-state index in [1.54, 1.807) is 0 Å². The van der Waals surface area contributed by atoms with Gasteiger partial charge in [0.05, 0.1) is 5.54 Å². The van der Waals surface area contributed by atoms with E-state index in [9.17, 15) is 4.79 Å². The standard InChI is InChI=1S/C13H25N3O/c1-10-9-11(5-8-14-10)16-12(17)13(2)6-3-4-7-15-13/h10-11,14-15H,3-9H2,1-2H3,(H,16,17). The molecule has 0 aromatic rings. The molecule has 1 amide bonds. The van der Waals surface area contributed by atoms with Crippen LogP contribution >= 0.6 is 0 Å². The highest BCUT2D eigenvalue weighted by Gasteiger charge is 2.35. The lowest BCUT2D eigenvalue weighted by molar-refractivity contribution is -0.128. The Morgan fingerprint density at radius 2 is 2.18 bits per heavy atom. The normalized spacial score (nSPS) is 38.7. The van der Waals surface area contributed by atoms with Gasteiger partial charge in [-0.25, -0.2) is 0 Å². The molecule has 2 aliphatic heterocycles. The number of carbonyl (C=O) groups excluding carboxylic acids is 1. The third-order valence-electron chi connectivity index (χ3n) is 4.08. The van der Waals surface area contributed by atoms with Gasteiger partial charge in [-0.2, -0.15) is 0 Å². The largest absolute Gasteiger partial charge is 0.352 e. The minimum Gasteiger partial charge on any atom is -0.352 e. The monoisotopic (exact) mass is 239 g/mol. The van der Waals surface area contributed by atoms with Gasteiger partial charge in [-0.05, 0) is 59.0 Å². The van der Waals surface area contributed by atoms with Crippen LogP contribution < -0.4 is 16.0 Å². The summed E-state index contributed by atoms with van der Waals surface area (Å²) in [6.07, 6.45) is 5.39. The van der Waals surface area contributed by atoms with Crippen LogP contribution in [0.3, 0.4) is 0 Å². The van der Waals surface area contributed by atoms with E-state index in [-0.39, 0.29) is 11.4 Å². The van der Waals surface area contributed by atoms with Crippen molar-refractivity contribution in [2.45, 2.75) is 63.6 Å². The summed E-state index contributed by atoms with van der Waals surface area (Å²) in [7, 11) is 0. The van der Waals surface area contributed by atoms with Crippen LogP contribution in [0.5, 0.6) is 0 Å². The minimum atomic E-state index is -0.341. The van der Waals surface area contributed by atoms with Gasteiger partial charge in [-0.1, -0.05) is 0 Å². The number of nitrogens with one attached hydrogen (secondary N) is 3. The van der Waals surface area contributed by atoms with E-state index >= 15 is 0 Å². The molecule has 0 radical (unpaired) electrons. The Labute approximate surface area is 104 Å². The minimum absolute atomic E-state index is 0.191. The van der Waals surface area contributed by atoms with Crippen molar-refractivity contribution in [3.63, 3.8) is 0 Å². The average Bonchev–Trinajstić information content (AvgIpc) is 2.30. The fraction of sp³-hybridized carbons (Fsp3) is 0.923. The summed E-state index contributed by atoms with van der Waals surface area (Å²) in [4.78, 5) is 12.3. The lowest BCUT2D eigenvalue weighted by Crippen LogP contribution is -2.59. The Hall–Kier alpha value is -0.610. The highest BCUT2D eigenvalue weighted by atomic mass is 16.2. The van der Waals surface area contributed by atoms with Gasteiger partial charge in [0.1, 0.15) is 0 Å². The van der Waals surface area contributed by atoms with Gasteiger partial charge in [0.25, 0.3) is 0 Å². The molecule has 17 heavy (non-hydrogen) atoms. The van der Waals surface area contributed by atoms with Gasteiger partial charge >= 0.3 is 0 Å². The third kappa shape index (κ3) is 3.19. The number of rotatable bonds is 2. The zero-order chi connectivity index (χ0) is 12.3. The Balaban J connectivity index is 1.87. The van der Waals surface area contributed by atoms with E-state index in [0.717, 1.165) is 38.8 Å². The molecule has 0 aromatic carbocycles. The first kappa shape index (κ1) is 12.8. The smallest absolute Gasteiger partial charge is 0.240 e. The highest BCUT2D eigenvalue weighted by molar-refractivity contribution is 5.86. The Morgan fingerprint density at radius 3 is 2.82 bits per heavy atom. The summed E-state index contributed by atoms with van der Waals surface area (Å²) < 4.78 is 0. The Bertz CT molecular complexity index is 274. The topological polar surface area (TPSA) is 53.2 Å². The van der Waals surface area contributed by atoms with E-state index in [4.69, 9.17) is 0 Å². The molecular weight excluding hydrogens is 214 g/mol. The maximum atomic E-state index is 12.3. The third-order valence-corrected chi connectivity index (χ3v) is 4.08. The second kappa shape index (κ2) is 5.36. The van der Waals surface area contributed by atoms with Gasteiger partial charge in [0.15, 0.2) is 0 Å². The summed E-state index contributed by atoms with van der Waals surface area (Å²) in [6, 6.07) is 0.862. The van der Waals surface area contributed by atoms with Crippen LogP contribution in [0.1, 0.15) is 46.0 Å². The molecule has 0 saturated carbocycles. The Morgan fingerprint density at radius 1 is 1.35 bits per heavy atom. The van der Waals surface area contributed by atoms with E-state index < -0.39 is 0 Å². The molecule has 0 aliphatic carbocycles. The molecule has 3 unspecified atom stereocenters. The van der Waals surface area contributed by atoms with Crippen molar-refractivity contribution in [2.75, 3.05) is 13.1 Å². The number of carbonyl (C=O) groups is 1. The van der Waals surface area contributed by atoms with Crippen molar-refractivity contribution in [1.82, 2.24) is 16.0 Å². The molecule has 98 valence electrons. The first-order valence-corrected chi connectivity index (χ1v) is 6.89. The quantitative estimate of drug-likeness (QED) is 0.667. The molecule has 3 N–H and O–H groups in total. The van der Waals surface area contributed by atoms with Crippen LogP contribution in [-0.4, -0.2) is 36.6 Å². The SMILES string of the molecule is CC1CC(NC(=O)C2(C)CCCCN2)CCN1. The molecule has 2 fully saturated rings. The number of hydrogen-bond acceptors (Lipinski definition) is 3. The molecule has 2 heterocycles. The van der Waals surface area contributed by atoms with E-state index in [1.165, 1.54) is 6.42 Å². The molecule has 4 nitrogen and oxygen atoms in total. The first-order valence-electron chi connectivity index (χ1n) is 6.89. The summed E-state index contributed by atoms with van der Waals surface area (Å²) in [5, 5.41) is 9.99. The number of amides is 1. The summed E-state index contributed by atoms with van der Waals surface area (Å²) in [5.41, 5.74) is -0.341. The van der Waals surface area contributed by atoms with E-state index in [0.29, 0.717) is 12.1 Å². The fourth-order valence-corrected chi connectivity index (χ4v) is 2.86. The van der Waals surface area contributed by atoms with Crippen molar-refractivity contribution < 1.29 is 4.79 Å². The lowest BCUT2D eigenvalue weighted by atomic mass is 9.89. The van der Waals surface area contributed by atoms with Gasteiger partial charge < -0.3 is 16.0 Å². The first-order chi connectivity index (χ1) is 8.10. The van der Waals surface area contributed by atoms with E-state index in [1.807, 2.05) is 6.92 Å². The zero-order valence-electron chi connectivity index (χ0n) is 11.0.